The molecule has 0 spiro atoms. The Morgan fingerprint density at radius 1 is 1.15 bits per heavy atom. The fraction of sp³-hybridized carbons (Fsp3) is 0.455. The Morgan fingerprint density at radius 2 is 1.77 bits per heavy atom. The fourth-order valence-corrected chi connectivity index (χ4v) is 1.36. The van der Waals surface area contributed by atoms with E-state index in [0.717, 1.165) is 12.2 Å². The van der Waals surface area contributed by atoms with Gasteiger partial charge in [-0.2, -0.15) is 0 Å². The SMILES string of the molecule is CCC(OC)c1ccc(OC)cc1. The lowest BCUT2D eigenvalue weighted by molar-refractivity contribution is 0.1000. The van der Waals surface area contributed by atoms with Crippen molar-refractivity contribution in [2.75, 3.05) is 14.2 Å². The van der Waals surface area contributed by atoms with Gasteiger partial charge < -0.3 is 9.47 Å². The standard InChI is InChI=1S/C11H16O2/c1-4-11(13-3)9-5-7-10(12-2)8-6-9/h5-8,11H,4H2,1-3H3. The lowest BCUT2D eigenvalue weighted by Gasteiger charge is -2.13. The summed E-state index contributed by atoms with van der Waals surface area (Å²) in [6, 6.07) is 7.99. The predicted octanol–water partition coefficient (Wildman–Crippen LogP) is 2.79. The van der Waals surface area contributed by atoms with Crippen LogP contribution in [0.2, 0.25) is 0 Å². The highest BCUT2D eigenvalue weighted by molar-refractivity contribution is 5.28. The largest absolute Gasteiger partial charge is 0.497 e. The van der Waals surface area contributed by atoms with E-state index in [-0.39, 0.29) is 6.10 Å². The summed E-state index contributed by atoms with van der Waals surface area (Å²) in [5.41, 5.74) is 1.20. The Kier molecular flexibility index (Phi) is 3.77. The Morgan fingerprint density at radius 3 is 2.15 bits per heavy atom. The van der Waals surface area contributed by atoms with Crippen molar-refractivity contribution in [3.8, 4) is 5.75 Å². The zero-order valence-corrected chi connectivity index (χ0v) is 8.41. The molecule has 0 bridgehead atoms. The van der Waals surface area contributed by atoms with Crippen LogP contribution in [0.25, 0.3) is 0 Å². The van der Waals surface area contributed by atoms with Crippen molar-refractivity contribution in [3.63, 3.8) is 0 Å². The molecule has 0 radical (unpaired) electrons. The van der Waals surface area contributed by atoms with Crippen molar-refractivity contribution in [2.45, 2.75) is 19.4 Å². The highest BCUT2D eigenvalue weighted by Gasteiger charge is 2.06. The van der Waals surface area contributed by atoms with Gasteiger partial charge in [-0.05, 0) is 24.1 Å². The van der Waals surface area contributed by atoms with Gasteiger partial charge in [-0.25, -0.2) is 0 Å². The maximum absolute atomic E-state index is 5.32. The van der Waals surface area contributed by atoms with Gasteiger partial charge in [-0.1, -0.05) is 19.1 Å². The number of hydrogen-bond donors (Lipinski definition) is 0. The van der Waals surface area contributed by atoms with Gasteiger partial charge in [0.25, 0.3) is 0 Å². The van der Waals surface area contributed by atoms with E-state index in [1.165, 1.54) is 5.56 Å². The van der Waals surface area contributed by atoms with E-state index in [2.05, 4.69) is 6.92 Å². The van der Waals surface area contributed by atoms with E-state index in [9.17, 15) is 0 Å². The van der Waals surface area contributed by atoms with Crippen LogP contribution in [0.1, 0.15) is 25.0 Å². The highest BCUT2D eigenvalue weighted by atomic mass is 16.5. The first-order chi connectivity index (χ1) is 6.31. The van der Waals surface area contributed by atoms with Gasteiger partial charge in [-0.15, -0.1) is 0 Å². The third kappa shape index (κ3) is 2.46. The number of ether oxygens (including phenoxy) is 2. The van der Waals surface area contributed by atoms with Crippen molar-refractivity contribution in [3.05, 3.63) is 29.8 Å². The number of hydrogen-bond acceptors (Lipinski definition) is 2. The Labute approximate surface area is 79.5 Å². The molecule has 0 saturated heterocycles. The fourth-order valence-electron chi connectivity index (χ4n) is 1.36. The number of rotatable bonds is 4. The van der Waals surface area contributed by atoms with Crippen LogP contribution < -0.4 is 4.74 Å². The molecule has 0 aliphatic rings. The number of methoxy groups -OCH3 is 2. The van der Waals surface area contributed by atoms with Crippen molar-refractivity contribution < 1.29 is 9.47 Å². The first kappa shape index (κ1) is 10.1. The van der Waals surface area contributed by atoms with Gasteiger partial charge in [0.05, 0.1) is 13.2 Å². The molecule has 0 amide bonds. The second-order valence-electron chi connectivity index (χ2n) is 2.91. The van der Waals surface area contributed by atoms with Crippen LogP contribution in [0, 0.1) is 0 Å². The molecular formula is C11H16O2. The van der Waals surface area contributed by atoms with Crippen LogP contribution in [0.3, 0.4) is 0 Å². The van der Waals surface area contributed by atoms with Gasteiger partial charge in [-0.3, -0.25) is 0 Å². The molecule has 1 rings (SSSR count). The molecule has 13 heavy (non-hydrogen) atoms. The van der Waals surface area contributed by atoms with Crippen molar-refractivity contribution in [2.24, 2.45) is 0 Å². The van der Waals surface area contributed by atoms with Crippen LogP contribution in [-0.4, -0.2) is 14.2 Å². The zero-order chi connectivity index (χ0) is 9.68. The summed E-state index contributed by atoms with van der Waals surface area (Å²) in [6.45, 7) is 2.11. The van der Waals surface area contributed by atoms with E-state index in [0.29, 0.717) is 0 Å². The molecule has 0 fully saturated rings. The molecule has 0 saturated carbocycles. The normalized spacial score (nSPS) is 12.5. The molecule has 1 aromatic rings. The van der Waals surface area contributed by atoms with Crippen molar-refractivity contribution >= 4 is 0 Å². The second kappa shape index (κ2) is 4.87. The van der Waals surface area contributed by atoms with Gasteiger partial charge in [0, 0.05) is 7.11 Å². The average Bonchev–Trinajstić information content (AvgIpc) is 2.21. The minimum Gasteiger partial charge on any atom is -0.497 e. The molecule has 72 valence electrons. The van der Waals surface area contributed by atoms with E-state index in [1.54, 1.807) is 14.2 Å². The molecule has 0 aliphatic heterocycles. The first-order valence-corrected chi connectivity index (χ1v) is 4.48. The van der Waals surface area contributed by atoms with Gasteiger partial charge in [0.15, 0.2) is 0 Å². The van der Waals surface area contributed by atoms with Crippen molar-refractivity contribution in [1.82, 2.24) is 0 Å². The van der Waals surface area contributed by atoms with Crippen LogP contribution in [-0.2, 0) is 4.74 Å². The van der Waals surface area contributed by atoms with Gasteiger partial charge >= 0.3 is 0 Å². The summed E-state index contributed by atoms with van der Waals surface area (Å²) >= 11 is 0. The minimum atomic E-state index is 0.200. The summed E-state index contributed by atoms with van der Waals surface area (Å²) < 4.78 is 10.4. The summed E-state index contributed by atoms with van der Waals surface area (Å²) in [6.07, 6.45) is 1.19. The summed E-state index contributed by atoms with van der Waals surface area (Å²) in [5, 5.41) is 0. The predicted molar refractivity (Wildman–Crippen MR) is 53.0 cm³/mol. The lowest BCUT2D eigenvalue weighted by atomic mass is 10.1. The highest BCUT2D eigenvalue weighted by Crippen LogP contribution is 2.22. The smallest absolute Gasteiger partial charge is 0.118 e. The zero-order valence-electron chi connectivity index (χ0n) is 8.41. The average molecular weight is 180 g/mol. The maximum Gasteiger partial charge on any atom is 0.118 e. The molecule has 1 atom stereocenters. The van der Waals surface area contributed by atoms with Crippen LogP contribution in [0.4, 0.5) is 0 Å². The summed E-state index contributed by atoms with van der Waals surface area (Å²) in [5.74, 6) is 0.884. The topological polar surface area (TPSA) is 18.5 Å². The second-order valence-corrected chi connectivity index (χ2v) is 2.91. The van der Waals surface area contributed by atoms with Gasteiger partial charge in [0.2, 0.25) is 0 Å². The molecule has 0 heterocycles. The van der Waals surface area contributed by atoms with Gasteiger partial charge in [0.1, 0.15) is 5.75 Å². The molecule has 0 N–H and O–H groups in total. The lowest BCUT2D eigenvalue weighted by Crippen LogP contribution is -1.99. The van der Waals surface area contributed by atoms with Crippen LogP contribution in [0.5, 0.6) is 5.75 Å². The monoisotopic (exact) mass is 180 g/mol. The first-order valence-electron chi connectivity index (χ1n) is 4.48. The van der Waals surface area contributed by atoms with E-state index in [1.807, 2.05) is 24.3 Å². The quantitative estimate of drug-likeness (QED) is 0.709. The maximum atomic E-state index is 5.32. The van der Waals surface area contributed by atoms with Crippen LogP contribution >= 0.6 is 0 Å². The van der Waals surface area contributed by atoms with E-state index < -0.39 is 0 Å². The third-order valence-electron chi connectivity index (χ3n) is 2.14. The minimum absolute atomic E-state index is 0.200. The Balaban J connectivity index is 2.78. The third-order valence-corrected chi connectivity index (χ3v) is 2.14. The molecule has 1 aromatic carbocycles. The van der Waals surface area contributed by atoms with Crippen molar-refractivity contribution in [1.29, 1.82) is 0 Å². The molecular weight excluding hydrogens is 164 g/mol. The molecule has 0 aliphatic carbocycles. The van der Waals surface area contributed by atoms with E-state index >= 15 is 0 Å². The molecule has 0 aromatic heterocycles. The summed E-state index contributed by atoms with van der Waals surface area (Å²) in [4.78, 5) is 0. The molecule has 1 unspecified atom stereocenters. The van der Waals surface area contributed by atoms with E-state index in [4.69, 9.17) is 9.47 Å². The molecule has 2 nitrogen and oxygen atoms in total. The summed E-state index contributed by atoms with van der Waals surface area (Å²) in [7, 11) is 3.40. The number of benzene rings is 1. The Hall–Kier alpha value is -1.02. The van der Waals surface area contributed by atoms with Crippen LogP contribution in [0.15, 0.2) is 24.3 Å². The Bertz CT molecular complexity index is 237. The molecule has 2 heteroatoms.